The fourth-order valence-corrected chi connectivity index (χ4v) is 3.55. The Bertz CT molecular complexity index is 656. The van der Waals surface area contributed by atoms with Crippen LogP contribution in [0.25, 0.3) is 0 Å². The number of methoxy groups -OCH3 is 1. The van der Waals surface area contributed by atoms with Crippen molar-refractivity contribution >= 4 is 0 Å². The van der Waals surface area contributed by atoms with Gasteiger partial charge in [-0.05, 0) is 62.6 Å². The van der Waals surface area contributed by atoms with E-state index in [1.54, 1.807) is 13.4 Å². The van der Waals surface area contributed by atoms with Crippen LogP contribution in [-0.2, 0) is 6.54 Å². The standard InChI is InChI=1S/C20H27NO4/c1-3-24-20-12-15(8-9-19(20)23-2)14-21-10-4-6-16(21)13-17(22)18-7-5-11-25-18/h5,7-9,11-12,16-17,22H,3-4,6,10,13-14H2,1-2H3. The van der Waals surface area contributed by atoms with E-state index in [1.165, 1.54) is 5.56 Å². The second-order valence-electron chi connectivity index (χ2n) is 6.45. The van der Waals surface area contributed by atoms with E-state index >= 15 is 0 Å². The van der Waals surface area contributed by atoms with E-state index in [0.29, 0.717) is 24.8 Å². The Morgan fingerprint density at radius 1 is 1.32 bits per heavy atom. The van der Waals surface area contributed by atoms with Gasteiger partial charge in [-0.1, -0.05) is 6.07 Å². The molecule has 1 fully saturated rings. The van der Waals surface area contributed by atoms with Gasteiger partial charge in [0.1, 0.15) is 11.9 Å². The van der Waals surface area contributed by atoms with E-state index in [9.17, 15) is 5.11 Å². The molecule has 25 heavy (non-hydrogen) atoms. The SMILES string of the molecule is CCOc1cc(CN2CCCC2CC(O)c2ccco2)ccc1OC. The van der Waals surface area contributed by atoms with Crippen LogP contribution in [0.2, 0.25) is 0 Å². The second-order valence-corrected chi connectivity index (χ2v) is 6.45. The zero-order valence-electron chi connectivity index (χ0n) is 15.0. The number of hydrogen-bond acceptors (Lipinski definition) is 5. The summed E-state index contributed by atoms with van der Waals surface area (Å²) in [7, 11) is 1.66. The summed E-state index contributed by atoms with van der Waals surface area (Å²) >= 11 is 0. The van der Waals surface area contributed by atoms with E-state index in [1.807, 2.05) is 25.1 Å². The lowest BCUT2D eigenvalue weighted by Gasteiger charge is -2.26. The van der Waals surface area contributed by atoms with Gasteiger partial charge in [0.25, 0.3) is 0 Å². The highest BCUT2D eigenvalue weighted by atomic mass is 16.5. The van der Waals surface area contributed by atoms with Gasteiger partial charge in [0.2, 0.25) is 0 Å². The summed E-state index contributed by atoms with van der Waals surface area (Å²) in [5, 5.41) is 10.4. The van der Waals surface area contributed by atoms with Crippen LogP contribution in [0.1, 0.15) is 43.6 Å². The maximum atomic E-state index is 10.4. The molecule has 5 nitrogen and oxygen atoms in total. The number of ether oxygens (including phenoxy) is 2. The second kappa shape index (κ2) is 8.41. The summed E-state index contributed by atoms with van der Waals surface area (Å²) in [6.45, 7) is 4.48. The van der Waals surface area contributed by atoms with Crippen LogP contribution in [0.3, 0.4) is 0 Å². The predicted octanol–water partition coefficient (Wildman–Crippen LogP) is 3.78. The molecule has 1 aliphatic heterocycles. The first-order chi connectivity index (χ1) is 12.2. The number of benzene rings is 1. The number of hydrogen-bond donors (Lipinski definition) is 1. The molecule has 0 spiro atoms. The lowest BCUT2D eigenvalue weighted by Crippen LogP contribution is -2.30. The van der Waals surface area contributed by atoms with Crippen LogP contribution in [0.4, 0.5) is 0 Å². The molecule has 2 atom stereocenters. The third-order valence-electron chi connectivity index (χ3n) is 4.78. The molecule has 1 aromatic heterocycles. The maximum Gasteiger partial charge on any atom is 0.161 e. The van der Waals surface area contributed by atoms with Gasteiger partial charge in [-0.15, -0.1) is 0 Å². The van der Waals surface area contributed by atoms with E-state index < -0.39 is 6.10 Å². The van der Waals surface area contributed by atoms with Crippen molar-refractivity contribution in [3.8, 4) is 11.5 Å². The monoisotopic (exact) mass is 345 g/mol. The van der Waals surface area contributed by atoms with Gasteiger partial charge in [0.05, 0.1) is 20.0 Å². The minimum Gasteiger partial charge on any atom is -0.493 e. The summed E-state index contributed by atoms with van der Waals surface area (Å²) in [6.07, 6.45) is 4.02. The molecule has 0 saturated carbocycles. The normalized spacial score (nSPS) is 19.1. The fourth-order valence-electron chi connectivity index (χ4n) is 3.55. The Labute approximate surface area is 149 Å². The van der Waals surface area contributed by atoms with Crippen molar-refractivity contribution < 1.29 is 19.0 Å². The molecule has 136 valence electrons. The largest absolute Gasteiger partial charge is 0.493 e. The van der Waals surface area contributed by atoms with Gasteiger partial charge in [-0.2, -0.15) is 0 Å². The number of nitrogens with zero attached hydrogens (tertiary/aromatic N) is 1. The molecule has 1 aromatic carbocycles. The highest BCUT2D eigenvalue weighted by Crippen LogP contribution is 2.32. The van der Waals surface area contributed by atoms with Crippen molar-refractivity contribution in [1.82, 2.24) is 4.90 Å². The Kier molecular flexibility index (Phi) is 6.00. The van der Waals surface area contributed by atoms with Crippen molar-refractivity contribution in [3.05, 3.63) is 47.9 Å². The molecule has 0 bridgehead atoms. The van der Waals surface area contributed by atoms with Gasteiger partial charge in [0.15, 0.2) is 11.5 Å². The molecule has 2 unspecified atom stereocenters. The average Bonchev–Trinajstić information content (AvgIpc) is 3.28. The molecule has 0 radical (unpaired) electrons. The summed E-state index contributed by atoms with van der Waals surface area (Å²) < 4.78 is 16.4. The highest BCUT2D eigenvalue weighted by Gasteiger charge is 2.28. The Morgan fingerprint density at radius 3 is 2.92 bits per heavy atom. The first-order valence-corrected chi connectivity index (χ1v) is 8.96. The number of rotatable bonds is 8. The van der Waals surface area contributed by atoms with Gasteiger partial charge < -0.3 is 19.0 Å². The third-order valence-corrected chi connectivity index (χ3v) is 4.78. The van der Waals surface area contributed by atoms with Crippen molar-refractivity contribution in [1.29, 1.82) is 0 Å². The quantitative estimate of drug-likeness (QED) is 0.789. The molecule has 0 amide bonds. The van der Waals surface area contributed by atoms with Crippen molar-refractivity contribution in [2.75, 3.05) is 20.3 Å². The Balaban J connectivity index is 1.66. The average molecular weight is 345 g/mol. The predicted molar refractivity (Wildman–Crippen MR) is 95.9 cm³/mol. The molecule has 1 saturated heterocycles. The van der Waals surface area contributed by atoms with Crippen LogP contribution in [0, 0.1) is 0 Å². The van der Waals surface area contributed by atoms with Gasteiger partial charge >= 0.3 is 0 Å². The molecule has 1 aliphatic rings. The van der Waals surface area contributed by atoms with Crippen LogP contribution in [0.15, 0.2) is 41.0 Å². The first kappa shape index (κ1) is 17.8. The van der Waals surface area contributed by atoms with Crippen molar-refractivity contribution in [2.24, 2.45) is 0 Å². The molecule has 2 aromatic rings. The summed E-state index contributed by atoms with van der Waals surface area (Å²) in [6, 6.07) is 10.1. The Hall–Kier alpha value is -1.98. The number of aliphatic hydroxyl groups excluding tert-OH is 1. The van der Waals surface area contributed by atoms with Gasteiger partial charge in [-0.3, -0.25) is 4.90 Å². The number of furan rings is 1. The Morgan fingerprint density at radius 2 is 2.20 bits per heavy atom. The van der Waals surface area contributed by atoms with E-state index in [-0.39, 0.29) is 0 Å². The van der Waals surface area contributed by atoms with Crippen molar-refractivity contribution in [2.45, 2.75) is 44.9 Å². The fraction of sp³-hybridized carbons (Fsp3) is 0.500. The summed E-state index contributed by atoms with van der Waals surface area (Å²) in [5.74, 6) is 2.20. The molecule has 5 heteroatoms. The summed E-state index contributed by atoms with van der Waals surface area (Å²) in [4.78, 5) is 2.43. The van der Waals surface area contributed by atoms with E-state index in [0.717, 1.165) is 37.4 Å². The maximum absolute atomic E-state index is 10.4. The molecular weight excluding hydrogens is 318 g/mol. The smallest absolute Gasteiger partial charge is 0.161 e. The van der Waals surface area contributed by atoms with Crippen LogP contribution in [0.5, 0.6) is 11.5 Å². The highest BCUT2D eigenvalue weighted by molar-refractivity contribution is 5.43. The molecule has 3 rings (SSSR count). The number of aliphatic hydroxyl groups is 1. The van der Waals surface area contributed by atoms with Crippen LogP contribution < -0.4 is 9.47 Å². The minimum atomic E-state index is -0.546. The zero-order valence-corrected chi connectivity index (χ0v) is 15.0. The third kappa shape index (κ3) is 4.35. The number of likely N-dealkylation sites (tertiary alicyclic amines) is 1. The summed E-state index contributed by atoms with van der Waals surface area (Å²) in [5.41, 5.74) is 1.20. The van der Waals surface area contributed by atoms with Crippen molar-refractivity contribution in [3.63, 3.8) is 0 Å². The topological polar surface area (TPSA) is 55.1 Å². The van der Waals surface area contributed by atoms with E-state index in [2.05, 4.69) is 17.0 Å². The zero-order chi connectivity index (χ0) is 17.6. The minimum absolute atomic E-state index is 0.359. The van der Waals surface area contributed by atoms with Gasteiger partial charge in [0, 0.05) is 12.6 Å². The lowest BCUT2D eigenvalue weighted by atomic mass is 10.0. The van der Waals surface area contributed by atoms with Gasteiger partial charge in [-0.25, -0.2) is 0 Å². The lowest BCUT2D eigenvalue weighted by molar-refractivity contribution is 0.0995. The molecule has 1 N–H and O–H groups in total. The first-order valence-electron chi connectivity index (χ1n) is 8.96. The molecule has 2 heterocycles. The molecular formula is C20H27NO4. The van der Waals surface area contributed by atoms with Crippen LogP contribution in [-0.4, -0.2) is 36.3 Å². The van der Waals surface area contributed by atoms with Crippen LogP contribution >= 0.6 is 0 Å². The van der Waals surface area contributed by atoms with E-state index in [4.69, 9.17) is 13.9 Å². The molecule has 0 aliphatic carbocycles.